The zero-order valence-electron chi connectivity index (χ0n) is 35.5. The number of hydrogen-bond donors (Lipinski definition) is 4. The molecule has 2 atom stereocenters. The predicted molar refractivity (Wildman–Crippen MR) is 251 cm³/mol. The molecule has 0 aliphatic carbocycles. The summed E-state index contributed by atoms with van der Waals surface area (Å²) in [5.41, 5.74) is 16.5. The predicted octanol–water partition coefficient (Wildman–Crippen LogP) is 8.39. The lowest BCUT2D eigenvalue weighted by Crippen LogP contribution is -2.31. The SMILES string of the molecule is C.C.CC(C)C(C)(c1ccc(-c2cnc(N)nc2)nc1)c1noc(-c2ccc(Cl)nc2)n1.CC(C)C(C)(c1ccc(-c2cnc(N)nc2)nc1)c1noc(-c2ccc(NCCO)nc2)n1. The molecule has 0 amide bonds. The molecule has 0 radical (unpaired) electrons. The van der Waals surface area contributed by atoms with Crippen LogP contribution in [0, 0.1) is 11.8 Å². The van der Waals surface area contributed by atoms with E-state index in [2.05, 4.69) is 102 Å². The average molecular weight is 900 g/mol. The molecule has 18 nitrogen and oxygen atoms in total. The van der Waals surface area contributed by atoms with Gasteiger partial charge in [-0.2, -0.15) is 9.97 Å². The van der Waals surface area contributed by atoms with Gasteiger partial charge in [0.15, 0.2) is 11.6 Å². The molecule has 19 heteroatoms. The minimum absolute atomic E-state index is 0. The Kier molecular flexibility index (Phi) is 15.7. The Bertz CT molecular complexity index is 2710. The molecule has 8 rings (SSSR count). The number of rotatable bonds is 13. The van der Waals surface area contributed by atoms with Gasteiger partial charge in [0.25, 0.3) is 11.8 Å². The van der Waals surface area contributed by atoms with Gasteiger partial charge in [0.05, 0.1) is 40.0 Å². The second kappa shape index (κ2) is 20.9. The van der Waals surface area contributed by atoms with Crippen molar-refractivity contribution in [1.29, 1.82) is 0 Å². The molecule has 8 aromatic heterocycles. The maximum absolute atomic E-state index is 8.92. The second-order valence-corrected chi connectivity index (χ2v) is 15.9. The molecule has 338 valence electrons. The van der Waals surface area contributed by atoms with E-state index in [0.717, 1.165) is 33.6 Å². The van der Waals surface area contributed by atoms with E-state index in [1.807, 2.05) is 42.7 Å². The first-order valence-corrected chi connectivity index (χ1v) is 20.4. The van der Waals surface area contributed by atoms with Gasteiger partial charge in [0.1, 0.15) is 11.0 Å². The number of nitrogen functional groups attached to an aromatic ring is 2. The molecule has 0 aliphatic heterocycles. The van der Waals surface area contributed by atoms with Gasteiger partial charge < -0.3 is 30.9 Å². The average Bonchev–Trinajstić information content (AvgIpc) is 4.01. The van der Waals surface area contributed by atoms with Crippen molar-refractivity contribution in [2.75, 3.05) is 29.9 Å². The lowest BCUT2D eigenvalue weighted by Gasteiger charge is -2.30. The minimum atomic E-state index is -0.527. The first-order valence-electron chi connectivity index (χ1n) is 20.0. The van der Waals surface area contributed by atoms with Gasteiger partial charge in [-0.15, -0.1) is 0 Å². The zero-order chi connectivity index (χ0) is 44.7. The van der Waals surface area contributed by atoms with Gasteiger partial charge in [0, 0.05) is 67.2 Å². The third-order valence-corrected chi connectivity index (χ3v) is 11.4. The van der Waals surface area contributed by atoms with Crippen molar-refractivity contribution in [3.63, 3.8) is 0 Å². The van der Waals surface area contributed by atoms with Crippen LogP contribution in [0.2, 0.25) is 5.15 Å². The summed E-state index contributed by atoms with van der Waals surface area (Å²) in [5.74, 6) is 3.39. The maximum Gasteiger partial charge on any atom is 0.259 e. The number of nitrogens with one attached hydrogen (secondary N) is 1. The normalized spacial score (nSPS) is 12.8. The van der Waals surface area contributed by atoms with E-state index in [0.29, 0.717) is 52.1 Å². The Labute approximate surface area is 382 Å². The van der Waals surface area contributed by atoms with Gasteiger partial charge in [-0.25, -0.2) is 29.9 Å². The van der Waals surface area contributed by atoms with Gasteiger partial charge >= 0.3 is 0 Å². The smallest absolute Gasteiger partial charge is 0.259 e. The summed E-state index contributed by atoms with van der Waals surface area (Å²) in [6, 6.07) is 15.0. The van der Waals surface area contributed by atoms with E-state index in [-0.39, 0.29) is 45.2 Å². The molecular formula is C46H54ClN15O3. The van der Waals surface area contributed by atoms with E-state index in [4.69, 9.17) is 42.2 Å². The van der Waals surface area contributed by atoms with Crippen LogP contribution in [-0.2, 0) is 10.8 Å². The zero-order valence-corrected chi connectivity index (χ0v) is 36.2. The highest BCUT2D eigenvalue weighted by Crippen LogP contribution is 2.40. The summed E-state index contributed by atoms with van der Waals surface area (Å²) < 4.78 is 11.1. The van der Waals surface area contributed by atoms with Gasteiger partial charge in [-0.1, -0.05) is 76.6 Å². The maximum atomic E-state index is 8.92. The molecule has 0 aliphatic rings. The number of pyridine rings is 4. The lowest BCUT2D eigenvalue weighted by atomic mass is 9.73. The summed E-state index contributed by atoms with van der Waals surface area (Å²) in [6.07, 6.45) is 13.5. The Morgan fingerprint density at radius 3 is 1.35 bits per heavy atom. The highest BCUT2D eigenvalue weighted by atomic mass is 35.5. The Hall–Kier alpha value is -7.31. The summed E-state index contributed by atoms with van der Waals surface area (Å²) >= 11 is 5.86. The Morgan fingerprint density at radius 1 is 0.569 bits per heavy atom. The van der Waals surface area contributed by atoms with E-state index in [1.165, 1.54) is 0 Å². The van der Waals surface area contributed by atoms with Gasteiger partial charge in [-0.3, -0.25) is 9.97 Å². The summed E-state index contributed by atoms with van der Waals surface area (Å²) in [7, 11) is 0. The van der Waals surface area contributed by atoms with Crippen LogP contribution in [0.5, 0.6) is 0 Å². The number of nitrogens with zero attached hydrogens (tertiary/aromatic N) is 12. The molecule has 8 heterocycles. The monoisotopic (exact) mass is 899 g/mol. The van der Waals surface area contributed by atoms with E-state index in [1.54, 1.807) is 55.4 Å². The number of hydrogen-bond acceptors (Lipinski definition) is 18. The number of anilines is 3. The molecule has 8 aromatic rings. The largest absolute Gasteiger partial charge is 0.395 e. The van der Waals surface area contributed by atoms with Crippen LogP contribution in [0.15, 0.2) is 107 Å². The fourth-order valence-electron chi connectivity index (χ4n) is 6.54. The van der Waals surface area contributed by atoms with E-state index in [9.17, 15) is 0 Å². The highest BCUT2D eigenvalue weighted by molar-refractivity contribution is 6.29. The second-order valence-electron chi connectivity index (χ2n) is 15.5. The van der Waals surface area contributed by atoms with Crippen molar-refractivity contribution in [2.45, 2.75) is 67.2 Å². The summed E-state index contributed by atoms with van der Waals surface area (Å²) in [5, 5.41) is 20.9. The number of halogens is 1. The lowest BCUT2D eigenvalue weighted by molar-refractivity contribution is 0.311. The van der Waals surface area contributed by atoms with Crippen molar-refractivity contribution in [3.05, 3.63) is 126 Å². The quantitative estimate of drug-likeness (QED) is 0.0791. The van der Waals surface area contributed by atoms with Crippen LogP contribution >= 0.6 is 11.6 Å². The third kappa shape index (κ3) is 10.6. The van der Waals surface area contributed by atoms with Crippen molar-refractivity contribution >= 4 is 29.3 Å². The fraction of sp³-hybridized carbons (Fsp3) is 0.304. The van der Waals surface area contributed by atoms with Crippen LogP contribution in [-0.4, -0.2) is 78.4 Å². The Balaban J connectivity index is 0.000000238. The molecule has 0 aromatic carbocycles. The molecule has 6 N–H and O–H groups in total. The number of nitrogens with two attached hydrogens (primary N) is 2. The van der Waals surface area contributed by atoms with Crippen LogP contribution in [0.1, 0.15) is 79.2 Å². The molecule has 0 spiro atoms. The van der Waals surface area contributed by atoms with Crippen LogP contribution < -0.4 is 16.8 Å². The molecular weight excluding hydrogens is 846 g/mol. The Morgan fingerprint density at radius 2 is 1.00 bits per heavy atom. The molecule has 0 saturated heterocycles. The molecule has 65 heavy (non-hydrogen) atoms. The standard InChI is InChI=1S/C23H26N8O2.C21H20ClN7O.2CH4/c1-14(2)23(3,17-5-6-18(26-13-17)16-11-28-22(24)29-12-16)21-30-20(33-31-21)15-4-7-19(27-10-15)25-8-9-32;1-12(2)21(3,19-28-18(30-29-19)13-4-7-17(22)25-8-13)15-5-6-16(24-11-15)14-9-26-20(23)27-10-14;;/h4-7,10-14,32H,8-9H2,1-3H3,(H,25,27)(H2,24,28,29);4-12H,1-3H3,(H2,23,26,27);2*1H4. The van der Waals surface area contributed by atoms with Crippen molar-refractivity contribution in [2.24, 2.45) is 11.8 Å². The van der Waals surface area contributed by atoms with E-state index < -0.39 is 10.8 Å². The van der Waals surface area contributed by atoms with Crippen molar-refractivity contribution < 1.29 is 14.2 Å². The van der Waals surface area contributed by atoms with Gasteiger partial charge in [0.2, 0.25) is 11.9 Å². The number of aliphatic hydroxyl groups is 1. The molecule has 0 bridgehead atoms. The first-order chi connectivity index (χ1) is 30.3. The highest BCUT2D eigenvalue weighted by Gasteiger charge is 2.39. The van der Waals surface area contributed by atoms with E-state index >= 15 is 0 Å². The summed E-state index contributed by atoms with van der Waals surface area (Å²) in [4.78, 5) is 43.0. The number of aliphatic hydroxyl groups excluding tert-OH is 1. The van der Waals surface area contributed by atoms with Crippen molar-refractivity contribution in [1.82, 2.24) is 60.2 Å². The molecule has 0 fully saturated rings. The minimum Gasteiger partial charge on any atom is -0.395 e. The summed E-state index contributed by atoms with van der Waals surface area (Å²) in [6.45, 7) is 13.1. The van der Waals surface area contributed by atoms with Crippen molar-refractivity contribution in [3.8, 4) is 45.4 Å². The van der Waals surface area contributed by atoms with Crippen LogP contribution in [0.25, 0.3) is 45.4 Å². The first kappa shape index (κ1) is 48.7. The molecule has 2 unspecified atom stereocenters. The fourth-order valence-corrected chi connectivity index (χ4v) is 6.65. The number of aromatic nitrogens is 12. The van der Waals surface area contributed by atoms with Crippen LogP contribution in [0.3, 0.4) is 0 Å². The topological polar surface area (TPSA) is 265 Å². The third-order valence-electron chi connectivity index (χ3n) is 11.2. The molecule has 0 saturated carbocycles. The van der Waals surface area contributed by atoms with Gasteiger partial charge in [-0.05, 0) is 73.2 Å². The van der Waals surface area contributed by atoms with Crippen LogP contribution in [0.4, 0.5) is 17.7 Å².